The Hall–Kier alpha value is -2.19. The standard InChI is InChI=1S/C19H20Cl2F2N4O2/c1-19(2,18(22)23)8-14(28)26-5-6-27-13(9-26)15(17(24)29)16(25-27)10-3-4-11(20)12(21)7-10/h3-4,7,18H,5-6,8-9H2,1-2H3,(H2,24,29). The number of rotatable bonds is 5. The summed E-state index contributed by atoms with van der Waals surface area (Å²) in [5.41, 5.74) is 5.70. The number of nitrogens with two attached hydrogens (primary N) is 1. The number of halogens is 4. The van der Waals surface area contributed by atoms with Crippen molar-refractivity contribution < 1.29 is 18.4 Å². The fourth-order valence-electron chi connectivity index (χ4n) is 3.21. The summed E-state index contributed by atoms with van der Waals surface area (Å²) in [6, 6.07) is 4.84. The Morgan fingerprint density at radius 1 is 1.24 bits per heavy atom. The van der Waals surface area contributed by atoms with Gasteiger partial charge in [0, 0.05) is 23.9 Å². The van der Waals surface area contributed by atoms with E-state index in [0.29, 0.717) is 40.1 Å². The fourth-order valence-corrected chi connectivity index (χ4v) is 3.51. The number of carbonyl (C=O) groups is 2. The van der Waals surface area contributed by atoms with Crippen molar-refractivity contribution in [3.63, 3.8) is 0 Å². The molecular weight excluding hydrogens is 425 g/mol. The molecule has 0 atom stereocenters. The number of amides is 2. The number of alkyl halides is 2. The van der Waals surface area contributed by atoms with Crippen LogP contribution in [-0.2, 0) is 17.9 Å². The number of hydrogen-bond acceptors (Lipinski definition) is 3. The molecule has 1 aromatic heterocycles. The number of carbonyl (C=O) groups excluding carboxylic acids is 2. The van der Waals surface area contributed by atoms with E-state index in [1.165, 1.54) is 18.7 Å². The van der Waals surface area contributed by atoms with E-state index in [1.807, 2.05) is 0 Å². The van der Waals surface area contributed by atoms with Crippen LogP contribution in [0.5, 0.6) is 0 Å². The van der Waals surface area contributed by atoms with Crippen LogP contribution in [0.3, 0.4) is 0 Å². The highest BCUT2D eigenvalue weighted by Gasteiger charge is 2.36. The van der Waals surface area contributed by atoms with Crippen molar-refractivity contribution in [3.05, 3.63) is 39.5 Å². The predicted octanol–water partition coefficient (Wildman–Crippen LogP) is 3.98. The molecule has 0 unspecified atom stereocenters. The minimum Gasteiger partial charge on any atom is -0.365 e. The maximum absolute atomic E-state index is 13.1. The predicted molar refractivity (Wildman–Crippen MR) is 106 cm³/mol. The molecule has 0 bridgehead atoms. The topological polar surface area (TPSA) is 81.2 Å². The van der Waals surface area contributed by atoms with Gasteiger partial charge in [-0.15, -0.1) is 0 Å². The Balaban J connectivity index is 1.94. The van der Waals surface area contributed by atoms with Gasteiger partial charge in [-0.05, 0) is 12.1 Å². The third-order valence-corrected chi connectivity index (χ3v) is 5.71. The van der Waals surface area contributed by atoms with E-state index in [2.05, 4.69) is 5.10 Å². The van der Waals surface area contributed by atoms with E-state index in [9.17, 15) is 18.4 Å². The van der Waals surface area contributed by atoms with E-state index in [0.717, 1.165) is 0 Å². The third-order valence-electron chi connectivity index (χ3n) is 4.97. The van der Waals surface area contributed by atoms with Gasteiger partial charge in [-0.25, -0.2) is 8.78 Å². The summed E-state index contributed by atoms with van der Waals surface area (Å²) in [6.45, 7) is 3.37. The van der Waals surface area contributed by atoms with E-state index in [-0.39, 0.29) is 18.5 Å². The Morgan fingerprint density at radius 3 is 2.52 bits per heavy atom. The lowest BCUT2D eigenvalue weighted by Gasteiger charge is -2.31. The van der Waals surface area contributed by atoms with Crippen LogP contribution in [0.15, 0.2) is 18.2 Å². The average Bonchev–Trinajstić information content (AvgIpc) is 3.02. The molecule has 1 aromatic carbocycles. The number of nitrogens with zero attached hydrogens (tertiary/aromatic N) is 3. The van der Waals surface area contributed by atoms with Crippen molar-refractivity contribution in [1.82, 2.24) is 14.7 Å². The van der Waals surface area contributed by atoms with Gasteiger partial charge in [0.1, 0.15) is 5.69 Å². The van der Waals surface area contributed by atoms with Gasteiger partial charge >= 0.3 is 0 Å². The molecule has 2 N–H and O–H groups in total. The van der Waals surface area contributed by atoms with Crippen LogP contribution in [0.4, 0.5) is 8.78 Å². The van der Waals surface area contributed by atoms with Gasteiger partial charge < -0.3 is 10.6 Å². The Labute approximate surface area is 176 Å². The van der Waals surface area contributed by atoms with Gasteiger partial charge in [0.05, 0.1) is 34.4 Å². The van der Waals surface area contributed by atoms with Crippen LogP contribution < -0.4 is 5.73 Å². The number of benzene rings is 1. The zero-order valence-electron chi connectivity index (χ0n) is 15.9. The molecule has 6 nitrogen and oxygen atoms in total. The molecule has 0 fully saturated rings. The molecule has 2 amide bonds. The molecule has 1 aliphatic heterocycles. The second kappa shape index (κ2) is 7.91. The lowest BCUT2D eigenvalue weighted by atomic mass is 9.89. The van der Waals surface area contributed by atoms with Crippen molar-refractivity contribution in [2.75, 3.05) is 6.54 Å². The van der Waals surface area contributed by atoms with Crippen molar-refractivity contribution in [1.29, 1.82) is 0 Å². The first-order valence-corrected chi connectivity index (χ1v) is 9.67. The second-order valence-electron chi connectivity index (χ2n) is 7.67. The summed E-state index contributed by atoms with van der Waals surface area (Å²) in [5, 5.41) is 5.13. The monoisotopic (exact) mass is 444 g/mol. The Bertz CT molecular complexity index is 975. The molecule has 0 saturated heterocycles. The van der Waals surface area contributed by atoms with E-state index < -0.39 is 23.7 Å². The molecule has 2 aromatic rings. The van der Waals surface area contributed by atoms with Crippen molar-refractivity contribution in [3.8, 4) is 11.3 Å². The first kappa shape index (κ1) is 21.5. The number of fused-ring (bicyclic) bond motifs is 1. The molecule has 0 aliphatic carbocycles. The fraction of sp³-hybridized carbons (Fsp3) is 0.421. The second-order valence-corrected chi connectivity index (χ2v) is 8.48. The highest BCUT2D eigenvalue weighted by atomic mass is 35.5. The van der Waals surface area contributed by atoms with Gasteiger partial charge in [0.15, 0.2) is 0 Å². The summed E-state index contributed by atoms with van der Waals surface area (Å²) in [7, 11) is 0. The Morgan fingerprint density at radius 2 is 1.93 bits per heavy atom. The van der Waals surface area contributed by atoms with E-state index in [1.54, 1.807) is 22.9 Å². The highest BCUT2D eigenvalue weighted by molar-refractivity contribution is 6.42. The highest BCUT2D eigenvalue weighted by Crippen LogP contribution is 2.34. The van der Waals surface area contributed by atoms with Crippen molar-refractivity contribution in [2.45, 2.75) is 39.8 Å². The molecule has 1 aliphatic rings. The van der Waals surface area contributed by atoms with Gasteiger partial charge in [0.25, 0.3) is 5.91 Å². The Kier molecular flexibility index (Phi) is 5.87. The minimum absolute atomic E-state index is 0.0603. The average molecular weight is 445 g/mol. The van der Waals surface area contributed by atoms with Crippen LogP contribution >= 0.6 is 23.2 Å². The number of hydrogen-bond donors (Lipinski definition) is 1. The minimum atomic E-state index is -2.62. The maximum Gasteiger partial charge on any atom is 0.252 e. The van der Waals surface area contributed by atoms with Crippen LogP contribution in [0.2, 0.25) is 10.0 Å². The molecule has 0 saturated carbocycles. The summed E-state index contributed by atoms with van der Waals surface area (Å²) in [4.78, 5) is 26.2. The molecule has 3 rings (SSSR count). The lowest BCUT2D eigenvalue weighted by Crippen LogP contribution is -2.41. The molecule has 10 heteroatoms. The smallest absolute Gasteiger partial charge is 0.252 e. The molecule has 0 spiro atoms. The largest absolute Gasteiger partial charge is 0.365 e. The molecular formula is C19H20Cl2F2N4O2. The summed E-state index contributed by atoms with van der Waals surface area (Å²) in [6.07, 6.45) is -2.92. The van der Waals surface area contributed by atoms with Crippen LogP contribution in [0, 0.1) is 5.41 Å². The number of aromatic nitrogens is 2. The first-order valence-electron chi connectivity index (χ1n) is 8.92. The van der Waals surface area contributed by atoms with Crippen molar-refractivity contribution in [2.24, 2.45) is 11.1 Å². The first-order chi connectivity index (χ1) is 13.5. The molecule has 29 heavy (non-hydrogen) atoms. The van der Waals surface area contributed by atoms with Gasteiger partial charge in [-0.1, -0.05) is 43.1 Å². The van der Waals surface area contributed by atoms with Crippen LogP contribution in [0.1, 0.15) is 36.3 Å². The van der Waals surface area contributed by atoms with Crippen LogP contribution in [0.25, 0.3) is 11.3 Å². The maximum atomic E-state index is 13.1. The van der Waals surface area contributed by atoms with E-state index >= 15 is 0 Å². The van der Waals surface area contributed by atoms with Crippen LogP contribution in [-0.4, -0.2) is 39.5 Å². The van der Waals surface area contributed by atoms with Gasteiger partial charge in [-0.2, -0.15) is 5.10 Å². The summed E-state index contributed by atoms with van der Waals surface area (Å²) >= 11 is 12.0. The zero-order valence-corrected chi connectivity index (χ0v) is 17.4. The quantitative estimate of drug-likeness (QED) is 0.756. The van der Waals surface area contributed by atoms with Crippen molar-refractivity contribution >= 4 is 35.0 Å². The SMILES string of the molecule is CC(C)(CC(=O)N1CCn2nc(-c3ccc(Cl)c(Cl)c3)c(C(N)=O)c2C1)C(F)F. The zero-order chi connectivity index (χ0) is 21.5. The van der Waals surface area contributed by atoms with E-state index in [4.69, 9.17) is 28.9 Å². The summed E-state index contributed by atoms with van der Waals surface area (Å²) < 4.78 is 27.9. The molecule has 0 radical (unpaired) electrons. The third kappa shape index (κ3) is 4.23. The summed E-state index contributed by atoms with van der Waals surface area (Å²) in [5.74, 6) is -1.11. The normalized spacial score (nSPS) is 14.2. The van der Waals surface area contributed by atoms with Gasteiger partial charge in [0.2, 0.25) is 12.3 Å². The molecule has 156 valence electrons. The number of primary amides is 1. The van der Waals surface area contributed by atoms with Gasteiger partial charge in [-0.3, -0.25) is 14.3 Å². The lowest BCUT2D eigenvalue weighted by molar-refractivity contribution is -0.137. The molecule has 2 heterocycles.